The Labute approximate surface area is 105 Å². The fourth-order valence-corrected chi connectivity index (χ4v) is 2.18. The molecule has 0 aliphatic carbocycles. The summed E-state index contributed by atoms with van der Waals surface area (Å²) in [6.45, 7) is 1.48. The third-order valence-corrected chi connectivity index (χ3v) is 3.17. The number of halogens is 2. The Bertz CT molecular complexity index is 445. The van der Waals surface area contributed by atoms with Gasteiger partial charge in [-0.15, -0.1) is 0 Å². The lowest BCUT2D eigenvalue weighted by Crippen LogP contribution is -2.43. The van der Waals surface area contributed by atoms with Crippen LogP contribution < -0.4 is 5.73 Å². The molecule has 1 amide bonds. The van der Waals surface area contributed by atoms with Crippen molar-refractivity contribution in [3.63, 3.8) is 0 Å². The van der Waals surface area contributed by atoms with Crippen molar-refractivity contribution in [3.8, 4) is 0 Å². The number of carbonyl (C=O) groups is 1. The lowest BCUT2D eigenvalue weighted by atomic mass is 10.1. The van der Waals surface area contributed by atoms with E-state index in [2.05, 4.69) is 0 Å². The van der Waals surface area contributed by atoms with Crippen LogP contribution in [-0.4, -0.2) is 29.9 Å². The van der Waals surface area contributed by atoms with Crippen molar-refractivity contribution in [2.75, 3.05) is 13.1 Å². The van der Waals surface area contributed by atoms with E-state index >= 15 is 0 Å². The molecule has 1 aromatic carbocycles. The van der Waals surface area contributed by atoms with Gasteiger partial charge in [-0.05, 0) is 37.0 Å². The van der Waals surface area contributed by atoms with Crippen LogP contribution in [0.1, 0.15) is 18.4 Å². The van der Waals surface area contributed by atoms with E-state index in [-0.39, 0.29) is 12.3 Å². The molecule has 98 valence electrons. The van der Waals surface area contributed by atoms with Gasteiger partial charge in [0, 0.05) is 13.1 Å². The van der Waals surface area contributed by atoms with Gasteiger partial charge in [-0.25, -0.2) is 8.78 Å². The Morgan fingerprint density at radius 2 is 1.94 bits per heavy atom. The van der Waals surface area contributed by atoms with Crippen LogP contribution >= 0.6 is 0 Å². The minimum Gasteiger partial charge on any atom is -0.341 e. The summed E-state index contributed by atoms with van der Waals surface area (Å²) in [6, 6.07) is 2.91. The van der Waals surface area contributed by atoms with Crippen LogP contribution in [0.25, 0.3) is 0 Å². The van der Waals surface area contributed by atoms with Crippen LogP contribution in [0.3, 0.4) is 0 Å². The molecule has 1 unspecified atom stereocenters. The molecular formula is C13H16F2N2O. The SMILES string of the molecule is NC(Cc1ccc(F)c(F)c1)C(=O)N1CCCC1. The zero-order chi connectivity index (χ0) is 13.1. The maximum Gasteiger partial charge on any atom is 0.239 e. The number of carbonyl (C=O) groups excluding carboxylic acids is 1. The maximum absolute atomic E-state index is 13.0. The lowest BCUT2D eigenvalue weighted by molar-refractivity contribution is -0.131. The second kappa shape index (κ2) is 5.44. The quantitative estimate of drug-likeness (QED) is 0.887. The molecule has 1 heterocycles. The molecule has 18 heavy (non-hydrogen) atoms. The van der Waals surface area contributed by atoms with Gasteiger partial charge in [0.25, 0.3) is 0 Å². The molecule has 2 rings (SSSR count). The van der Waals surface area contributed by atoms with Gasteiger partial charge in [0.2, 0.25) is 5.91 Å². The zero-order valence-electron chi connectivity index (χ0n) is 10.0. The van der Waals surface area contributed by atoms with Gasteiger partial charge < -0.3 is 10.6 Å². The van der Waals surface area contributed by atoms with Gasteiger partial charge in [-0.3, -0.25) is 4.79 Å². The number of rotatable bonds is 3. The first-order valence-electron chi connectivity index (χ1n) is 6.06. The molecule has 1 aliphatic heterocycles. The average Bonchev–Trinajstić information content (AvgIpc) is 2.86. The van der Waals surface area contributed by atoms with Crippen molar-refractivity contribution in [3.05, 3.63) is 35.4 Å². The van der Waals surface area contributed by atoms with Crippen molar-refractivity contribution in [1.82, 2.24) is 4.90 Å². The number of nitrogens with two attached hydrogens (primary N) is 1. The van der Waals surface area contributed by atoms with Crippen molar-refractivity contribution >= 4 is 5.91 Å². The summed E-state index contributed by atoms with van der Waals surface area (Å²) >= 11 is 0. The number of benzene rings is 1. The molecule has 0 spiro atoms. The molecule has 1 aromatic rings. The normalized spacial score (nSPS) is 16.9. The molecule has 1 aliphatic rings. The summed E-state index contributed by atoms with van der Waals surface area (Å²) in [5, 5.41) is 0. The molecular weight excluding hydrogens is 238 g/mol. The molecule has 0 radical (unpaired) electrons. The first kappa shape index (κ1) is 13.0. The average molecular weight is 254 g/mol. The number of nitrogens with zero attached hydrogens (tertiary/aromatic N) is 1. The topological polar surface area (TPSA) is 46.3 Å². The number of hydrogen-bond donors (Lipinski definition) is 1. The molecule has 1 fully saturated rings. The summed E-state index contributed by atoms with van der Waals surface area (Å²) in [7, 11) is 0. The first-order valence-corrected chi connectivity index (χ1v) is 6.06. The molecule has 1 atom stereocenters. The van der Waals surface area contributed by atoms with Crippen molar-refractivity contribution < 1.29 is 13.6 Å². The maximum atomic E-state index is 13.0. The van der Waals surface area contributed by atoms with Gasteiger partial charge in [0.05, 0.1) is 6.04 Å². The van der Waals surface area contributed by atoms with Crippen LogP contribution in [0.15, 0.2) is 18.2 Å². The molecule has 0 bridgehead atoms. The standard InChI is InChI=1S/C13H16F2N2O/c14-10-4-3-9(7-11(10)15)8-12(16)13(18)17-5-1-2-6-17/h3-4,7,12H,1-2,5-6,8,16H2. The highest BCUT2D eigenvalue weighted by molar-refractivity contribution is 5.82. The van der Waals surface area contributed by atoms with Gasteiger partial charge >= 0.3 is 0 Å². The van der Waals surface area contributed by atoms with Gasteiger partial charge in [0.15, 0.2) is 11.6 Å². The van der Waals surface area contributed by atoms with Crippen LogP contribution in [0, 0.1) is 11.6 Å². The minimum absolute atomic E-state index is 0.114. The van der Waals surface area contributed by atoms with E-state index in [0.29, 0.717) is 5.56 Å². The number of hydrogen-bond acceptors (Lipinski definition) is 2. The molecule has 3 nitrogen and oxygen atoms in total. The molecule has 0 saturated carbocycles. The zero-order valence-corrected chi connectivity index (χ0v) is 10.0. The summed E-state index contributed by atoms with van der Waals surface area (Å²) in [5.74, 6) is -1.91. The second-order valence-electron chi connectivity index (χ2n) is 4.59. The van der Waals surface area contributed by atoms with E-state index in [0.717, 1.165) is 38.1 Å². The van der Waals surface area contributed by atoms with E-state index < -0.39 is 17.7 Å². The fourth-order valence-electron chi connectivity index (χ4n) is 2.18. The highest BCUT2D eigenvalue weighted by Crippen LogP contribution is 2.13. The summed E-state index contributed by atoms with van der Waals surface area (Å²) in [4.78, 5) is 13.7. The Balaban J connectivity index is 1.99. The van der Waals surface area contributed by atoms with Crippen molar-refractivity contribution in [1.29, 1.82) is 0 Å². The third-order valence-electron chi connectivity index (χ3n) is 3.17. The molecule has 5 heteroatoms. The Kier molecular flexibility index (Phi) is 3.91. The fraction of sp³-hybridized carbons (Fsp3) is 0.462. The highest BCUT2D eigenvalue weighted by Gasteiger charge is 2.23. The van der Waals surface area contributed by atoms with Crippen LogP contribution in [-0.2, 0) is 11.2 Å². The van der Waals surface area contributed by atoms with Crippen molar-refractivity contribution in [2.45, 2.75) is 25.3 Å². The largest absolute Gasteiger partial charge is 0.341 e. The Morgan fingerprint density at radius 1 is 1.28 bits per heavy atom. The van der Waals surface area contributed by atoms with Crippen LogP contribution in [0.4, 0.5) is 8.78 Å². The highest BCUT2D eigenvalue weighted by atomic mass is 19.2. The monoisotopic (exact) mass is 254 g/mol. The smallest absolute Gasteiger partial charge is 0.239 e. The number of likely N-dealkylation sites (tertiary alicyclic amines) is 1. The van der Waals surface area contributed by atoms with Crippen LogP contribution in [0.2, 0.25) is 0 Å². The van der Waals surface area contributed by atoms with Crippen LogP contribution in [0.5, 0.6) is 0 Å². The summed E-state index contributed by atoms with van der Waals surface area (Å²) < 4.78 is 25.8. The van der Waals surface area contributed by atoms with Crippen molar-refractivity contribution in [2.24, 2.45) is 5.73 Å². The minimum atomic E-state index is -0.909. The van der Waals surface area contributed by atoms with Gasteiger partial charge in [0.1, 0.15) is 0 Å². The van der Waals surface area contributed by atoms with E-state index in [1.807, 2.05) is 0 Å². The van der Waals surface area contributed by atoms with Gasteiger partial charge in [-0.2, -0.15) is 0 Å². The molecule has 1 saturated heterocycles. The van der Waals surface area contributed by atoms with Gasteiger partial charge in [-0.1, -0.05) is 6.07 Å². The summed E-state index contributed by atoms with van der Waals surface area (Å²) in [6.07, 6.45) is 2.24. The van der Waals surface area contributed by atoms with E-state index in [9.17, 15) is 13.6 Å². The Morgan fingerprint density at radius 3 is 2.56 bits per heavy atom. The molecule has 2 N–H and O–H groups in total. The molecule has 0 aromatic heterocycles. The third kappa shape index (κ3) is 2.85. The predicted octanol–water partition coefficient (Wildman–Crippen LogP) is 1.46. The Hall–Kier alpha value is -1.49. The van der Waals surface area contributed by atoms with E-state index in [1.54, 1.807) is 4.90 Å². The van der Waals surface area contributed by atoms with E-state index in [4.69, 9.17) is 5.73 Å². The second-order valence-corrected chi connectivity index (χ2v) is 4.59. The number of amides is 1. The first-order chi connectivity index (χ1) is 8.58. The predicted molar refractivity (Wildman–Crippen MR) is 63.9 cm³/mol. The van der Waals surface area contributed by atoms with E-state index in [1.165, 1.54) is 6.07 Å². The lowest BCUT2D eigenvalue weighted by Gasteiger charge is -2.20. The summed E-state index contributed by atoms with van der Waals surface area (Å²) in [5.41, 5.74) is 6.35.